The highest BCUT2D eigenvalue weighted by Crippen LogP contribution is 2.20. The van der Waals surface area contributed by atoms with E-state index in [9.17, 15) is 0 Å². The number of nitrogen functional groups attached to an aromatic ring is 1. The molecule has 2 aliphatic heterocycles. The van der Waals surface area contributed by atoms with E-state index in [-0.39, 0.29) is 0 Å². The number of hydrogen-bond acceptors (Lipinski definition) is 5. The van der Waals surface area contributed by atoms with E-state index in [0.717, 1.165) is 38.2 Å². The van der Waals surface area contributed by atoms with Crippen LogP contribution in [0.25, 0.3) is 0 Å². The molecule has 0 amide bonds. The summed E-state index contributed by atoms with van der Waals surface area (Å²) < 4.78 is 0. The summed E-state index contributed by atoms with van der Waals surface area (Å²) in [5.41, 5.74) is 9.65. The largest absolute Gasteiger partial charge is 0.384 e. The number of anilines is 1. The zero-order valence-electron chi connectivity index (χ0n) is 16.1. The zero-order chi connectivity index (χ0) is 18.6. The first-order valence-corrected chi connectivity index (χ1v) is 10.1. The second kappa shape index (κ2) is 8.38. The van der Waals surface area contributed by atoms with E-state index in [2.05, 4.69) is 64.3 Å². The molecule has 0 saturated carbocycles. The van der Waals surface area contributed by atoms with Crippen LogP contribution in [0.3, 0.4) is 0 Å². The second-order valence-corrected chi connectivity index (χ2v) is 8.18. The van der Waals surface area contributed by atoms with Gasteiger partial charge in [-0.05, 0) is 61.9 Å². The van der Waals surface area contributed by atoms with Crippen LogP contribution < -0.4 is 21.7 Å². The first kappa shape index (κ1) is 18.4. The lowest BCUT2D eigenvalue weighted by Crippen LogP contribution is -2.44. The van der Waals surface area contributed by atoms with Crippen LogP contribution in [0.5, 0.6) is 0 Å². The van der Waals surface area contributed by atoms with Crippen LogP contribution in [0.15, 0.2) is 42.5 Å². The average Bonchev–Trinajstić information content (AvgIpc) is 3.25. The van der Waals surface area contributed by atoms with Crippen molar-refractivity contribution >= 4 is 5.82 Å². The summed E-state index contributed by atoms with van der Waals surface area (Å²) in [6, 6.07) is 16.5. The lowest BCUT2D eigenvalue weighted by molar-refractivity contribution is 0.378. The minimum atomic E-state index is 0.496. The summed E-state index contributed by atoms with van der Waals surface area (Å²) in [5.74, 6) is 1.19. The summed E-state index contributed by atoms with van der Waals surface area (Å²) in [5, 5.41) is 11.2. The second-order valence-electron chi connectivity index (χ2n) is 8.18. The fourth-order valence-corrected chi connectivity index (χ4v) is 4.59. The van der Waals surface area contributed by atoms with Gasteiger partial charge in [-0.15, -0.1) is 0 Å². The third-order valence-electron chi connectivity index (χ3n) is 5.85. The van der Waals surface area contributed by atoms with Gasteiger partial charge in [0.05, 0.1) is 0 Å². The Balaban J connectivity index is 1.31. The molecule has 0 aliphatic carbocycles. The van der Waals surface area contributed by atoms with Gasteiger partial charge in [-0.25, -0.2) is 4.98 Å². The Hall–Kier alpha value is -1.95. The van der Waals surface area contributed by atoms with Crippen LogP contribution in [-0.4, -0.2) is 42.7 Å². The summed E-state index contributed by atoms with van der Waals surface area (Å²) in [6.07, 6.45) is 3.27. The molecule has 0 radical (unpaired) electrons. The number of nitrogens with zero attached hydrogens (tertiary/aromatic N) is 1. The van der Waals surface area contributed by atoms with Crippen molar-refractivity contribution in [2.24, 2.45) is 5.92 Å². The van der Waals surface area contributed by atoms with Crippen molar-refractivity contribution in [1.29, 1.82) is 0 Å². The van der Waals surface area contributed by atoms with Crippen molar-refractivity contribution in [3.63, 3.8) is 0 Å². The number of benzene rings is 1. The maximum Gasteiger partial charge on any atom is 0.123 e. The Kier molecular flexibility index (Phi) is 5.72. The molecule has 1 aromatic carbocycles. The van der Waals surface area contributed by atoms with Gasteiger partial charge >= 0.3 is 0 Å². The number of nitrogens with two attached hydrogens (primary N) is 1. The molecule has 4 atom stereocenters. The Morgan fingerprint density at radius 3 is 2.78 bits per heavy atom. The van der Waals surface area contributed by atoms with Crippen molar-refractivity contribution in [3.8, 4) is 0 Å². The Morgan fingerprint density at radius 2 is 1.96 bits per heavy atom. The quantitative estimate of drug-likeness (QED) is 0.627. The van der Waals surface area contributed by atoms with Crippen LogP contribution in [0, 0.1) is 12.8 Å². The normalized spacial score (nSPS) is 27.9. The zero-order valence-corrected chi connectivity index (χ0v) is 16.1. The van der Waals surface area contributed by atoms with Gasteiger partial charge in [0.15, 0.2) is 0 Å². The van der Waals surface area contributed by atoms with E-state index in [1.165, 1.54) is 17.5 Å². The molecule has 2 aliphatic rings. The molecular weight excluding hydrogens is 334 g/mol. The lowest BCUT2D eigenvalue weighted by atomic mass is 9.95. The highest BCUT2D eigenvalue weighted by atomic mass is 15.1. The Labute approximate surface area is 162 Å². The van der Waals surface area contributed by atoms with E-state index in [1.54, 1.807) is 0 Å². The standard InChI is InChI=1S/C22H31N5/c1-15-7-19(27-22(23)8-15)10-17-12-24-14-21(17)26-20-11-18(25-13-20)9-16-5-3-2-4-6-16/h2-8,17-18,20-21,24-26H,9-14H2,1H3,(H2,23,27). The molecule has 2 fully saturated rings. The predicted octanol–water partition coefficient (Wildman–Crippen LogP) is 1.67. The van der Waals surface area contributed by atoms with Gasteiger partial charge in [0.25, 0.3) is 0 Å². The predicted molar refractivity (Wildman–Crippen MR) is 111 cm³/mol. The molecule has 2 saturated heterocycles. The molecule has 0 spiro atoms. The highest BCUT2D eigenvalue weighted by molar-refractivity contribution is 5.34. The number of pyridine rings is 1. The number of rotatable bonds is 6. The maximum absolute atomic E-state index is 5.93. The maximum atomic E-state index is 5.93. The van der Waals surface area contributed by atoms with Gasteiger partial charge in [-0.2, -0.15) is 0 Å². The fraction of sp³-hybridized carbons (Fsp3) is 0.500. The van der Waals surface area contributed by atoms with E-state index < -0.39 is 0 Å². The molecular formula is C22H31N5. The van der Waals surface area contributed by atoms with Gasteiger partial charge in [-0.1, -0.05) is 30.3 Å². The van der Waals surface area contributed by atoms with E-state index in [0.29, 0.717) is 29.9 Å². The summed E-state index contributed by atoms with van der Waals surface area (Å²) in [7, 11) is 0. The average molecular weight is 366 g/mol. The molecule has 5 nitrogen and oxygen atoms in total. The van der Waals surface area contributed by atoms with Crippen molar-refractivity contribution < 1.29 is 0 Å². The minimum absolute atomic E-state index is 0.496. The molecule has 4 rings (SSSR count). The van der Waals surface area contributed by atoms with Gasteiger partial charge < -0.3 is 21.7 Å². The highest BCUT2D eigenvalue weighted by Gasteiger charge is 2.32. The Morgan fingerprint density at radius 1 is 1.11 bits per heavy atom. The molecule has 2 aromatic rings. The summed E-state index contributed by atoms with van der Waals surface area (Å²) >= 11 is 0. The molecule has 5 heteroatoms. The van der Waals surface area contributed by atoms with Crippen LogP contribution in [-0.2, 0) is 12.8 Å². The lowest BCUT2D eigenvalue weighted by Gasteiger charge is -2.24. The van der Waals surface area contributed by atoms with Gasteiger partial charge in [0.1, 0.15) is 5.82 Å². The number of aromatic nitrogens is 1. The number of hydrogen-bond donors (Lipinski definition) is 4. The molecule has 144 valence electrons. The van der Waals surface area contributed by atoms with Gasteiger partial charge in [0, 0.05) is 36.9 Å². The SMILES string of the molecule is Cc1cc(N)nc(CC2CNCC2NC2CNC(Cc3ccccc3)C2)c1. The van der Waals surface area contributed by atoms with Crippen LogP contribution in [0.2, 0.25) is 0 Å². The molecule has 27 heavy (non-hydrogen) atoms. The molecule has 3 heterocycles. The minimum Gasteiger partial charge on any atom is -0.384 e. The van der Waals surface area contributed by atoms with Crippen LogP contribution in [0.1, 0.15) is 23.2 Å². The molecule has 0 bridgehead atoms. The van der Waals surface area contributed by atoms with E-state index in [1.807, 2.05) is 6.07 Å². The van der Waals surface area contributed by atoms with Crippen molar-refractivity contribution in [2.75, 3.05) is 25.4 Å². The molecule has 4 unspecified atom stereocenters. The van der Waals surface area contributed by atoms with E-state index in [4.69, 9.17) is 5.73 Å². The third-order valence-corrected chi connectivity index (χ3v) is 5.85. The monoisotopic (exact) mass is 365 g/mol. The van der Waals surface area contributed by atoms with Gasteiger partial charge in [-0.3, -0.25) is 0 Å². The summed E-state index contributed by atoms with van der Waals surface area (Å²) in [4.78, 5) is 4.53. The molecule has 5 N–H and O–H groups in total. The number of aryl methyl sites for hydroxylation is 1. The topological polar surface area (TPSA) is 75.0 Å². The van der Waals surface area contributed by atoms with Gasteiger partial charge in [0.2, 0.25) is 0 Å². The van der Waals surface area contributed by atoms with Crippen LogP contribution in [0.4, 0.5) is 5.82 Å². The van der Waals surface area contributed by atoms with E-state index >= 15 is 0 Å². The Bertz CT molecular complexity index is 727. The third kappa shape index (κ3) is 4.86. The summed E-state index contributed by atoms with van der Waals surface area (Å²) in [6.45, 7) is 5.21. The van der Waals surface area contributed by atoms with Crippen molar-refractivity contribution in [1.82, 2.24) is 20.9 Å². The smallest absolute Gasteiger partial charge is 0.123 e. The van der Waals surface area contributed by atoms with Crippen molar-refractivity contribution in [3.05, 3.63) is 59.3 Å². The number of nitrogens with one attached hydrogen (secondary N) is 3. The molecule has 1 aromatic heterocycles. The fourth-order valence-electron chi connectivity index (χ4n) is 4.59. The van der Waals surface area contributed by atoms with Crippen molar-refractivity contribution in [2.45, 2.75) is 44.3 Å². The van der Waals surface area contributed by atoms with Crippen LogP contribution >= 0.6 is 0 Å². The first-order valence-electron chi connectivity index (χ1n) is 10.1. The first-order chi connectivity index (χ1) is 13.2.